The van der Waals surface area contributed by atoms with Crippen molar-refractivity contribution in [3.63, 3.8) is 0 Å². The minimum atomic E-state index is -0.203. The normalized spacial score (nSPS) is 11.3. The Hall–Kier alpha value is -3.93. The third-order valence-corrected chi connectivity index (χ3v) is 5.14. The lowest BCUT2D eigenvalue weighted by Gasteiger charge is -2.16. The van der Waals surface area contributed by atoms with Gasteiger partial charge in [-0.1, -0.05) is 30.3 Å². The molecule has 0 aliphatic rings. The van der Waals surface area contributed by atoms with E-state index in [0.29, 0.717) is 42.0 Å². The van der Waals surface area contributed by atoms with Crippen LogP contribution in [0.25, 0.3) is 0 Å². The Morgan fingerprint density at radius 1 is 0.879 bits per heavy atom. The maximum Gasteiger partial charge on any atom is 0.255 e. The Morgan fingerprint density at radius 3 is 2.30 bits per heavy atom. The number of ketones is 1. The van der Waals surface area contributed by atoms with Crippen molar-refractivity contribution in [3.05, 3.63) is 95.6 Å². The fraction of sp³-hybridized carbons (Fsp3) is 0.222. The Kier molecular flexibility index (Phi) is 8.36. The van der Waals surface area contributed by atoms with Crippen LogP contribution in [0.15, 0.2) is 78.9 Å². The molecule has 6 heteroatoms. The standard InChI is InChI=1S/C27H28N2O4/c1-19(23-10-6-11-24(18-23)29-27(32)22-8-4-3-5-9-22)28-26(31)12-7-17-33-25-15-13-21(14-16-25)20(2)30/h3-6,8-11,13-16,18-19H,7,12,17H2,1-2H3,(H,28,31)(H,29,32). The second-order valence-electron chi connectivity index (χ2n) is 7.77. The van der Waals surface area contributed by atoms with E-state index >= 15 is 0 Å². The number of Topliss-reactive ketones (excluding diaryl/α,β-unsaturated/α-hetero) is 1. The second kappa shape index (κ2) is 11.6. The number of benzene rings is 3. The van der Waals surface area contributed by atoms with E-state index < -0.39 is 0 Å². The fourth-order valence-corrected chi connectivity index (χ4v) is 3.28. The molecule has 2 N–H and O–H groups in total. The second-order valence-corrected chi connectivity index (χ2v) is 7.77. The van der Waals surface area contributed by atoms with Gasteiger partial charge in [-0.2, -0.15) is 0 Å². The van der Waals surface area contributed by atoms with Crippen LogP contribution in [0.5, 0.6) is 5.75 Å². The summed E-state index contributed by atoms with van der Waals surface area (Å²) in [6.07, 6.45) is 0.903. The summed E-state index contributed by atoms with van der Waals surface area (Å²) < 4.78 is 5.64. The zero-order chi connectivity index (χ0) is 23.6. The number of hydrogen-bond acceptors (Lipinski definition) is 4. The molecule has 0 radical (unpaired) electrons. The molecule has 0 saturated carbocycles. The highest BCUT2D eigenvalue weighted by Crippen LogP contribution is 2.19. The Balaban J connectivity index is 1.44. The third-order valence-electron chi connectivity index (χ3n) is 5.14. The molecule has 0 spiro atoms. The lowest BCUT2D eigenvalue weighted by molar-refractivity contribution is -0.121. The van der Waals surface area contributed by atoms with Gasteiger partial charge < -0.3 is 15.4 Å². The highest BCUT2D eigenvalue weighted by Gasteiger charge is 2.11. The van der Waals surface area contributed by atoms with Gasteiger partial charge >= 0.3 is 0 Å². The number of ether oxygens (including phenoxy) is 1. The number of hydrogen-bond donors (Lipinski definition) is 2. The van der Waals surface area contributed by atoms with Crippen LogP contribution in [0, 0.1) is 0 Å². The van der Waals surface area contributed by atoms with Crippen LogP contribution in [0.1, 0.15) is 59.0 Å². The van der Waals surface area contributed by atoms with Crippen LogP contribution in [-0.4, -0.2) is 24.2 Å². The van der Waals surface area contributed by atoms with Gasteiger partial charge in [0.05, 0.1) is 12.6 Å². The van der Waals surface area contributed by atoms with Crippen molar-refractivity contribution in [1.29, 1.82) is 0 Å². The first-order chi connectivity index (χ1) is 15.9. The van der Waals surface area contributed by atoms with Gasteiger partial charge in [0, 0.05) is 23.2 Å². The molecular formula is C27H28N2O4. The van der Waals surface area contributed by atoms with Crippen molar-refractivity contribution in [2.24, 2.45) is 0 Å². The largest absolute Gasteiger partial charge is 0.494 e. The summed E-state index contributed by atoms with van der Waals surface area (Å²) in [5.41, 5.74) is 2.79. The number of carbonyl (C=O) groups excluding carboxylic acids is 3. The minimum absolute atomic E-state index is 0.0106. The molecule has 0 saturated heterocycles. The number of amides is 2. The Bertz CT molecular complexity index is 1090. The van der Waals surface area contributed by atoms with Gasteiger partial charge in [-0.05, 0) is 74.4 Å². The van der Waals surface area contributed by atoms with Gasteiger partial charge in [-0.3, -0.25) is 14.4 Å². The predicted molar refractivity (Wildman–Crippen MR) is 129 cm³/mol. The fourth-order valence-electron chi connectivity index (χ4n) is 3.28. The average molecular weight is 445 g/mol. The number of carbonyl (C=O) groups is 3. The molecule has 1 atom stereocenters. The van der Waals surface area contributed by atoms with E-state index in [2.05, 4.69) is 10.6 Å². The number of rotatable bonds is 10. The maximum absolute atomic E-state index is 12.4. The van der Waals surface area contributed by atoms with Crippen molar-refractivity contribution < 1.29 is 19.1 Å². The first-order valence-corrected chi connectivity index (χ1v) is 10.9. The van der Waals surface area contributed by atoms with Crippen molar-refractivity contribution in [2.75, 3.05) is 11.9 Å². The van der Waals surface area contributed by atoms with Crippen LogP contribution in [0.3, 0.4) is 0 Å². The monoisotopic (exact) mass is 444 g/mol. The molecule has 170 valence electrons. The van der Waals surface area contributed by atoms with Gasteiger partial charge in [0.25, 0.3) is 5.91 Å². The van der Waals surface area contributed by atoms with Crippen molar-refractivity contribution >= 4 is 23.3 Å². The molecule has 0 aliphatic heterocycles. The molecular weight excluding hydrogens is 416 g/mol. The van der Waals surface area contributed by atoms with E-state index in [-0.39, 0.29) is 23.6 Å². The zero-order valence-corrected chi connectivity index (χ0v) is 18.8. The zero-order valence-electron chi connectivity index (χ0n) is 18.8. The van der Waals surface area contributed by atoms with Gasteiger partial charge in [-0.25, -0.2) is 0 Å². The average Bonchev–Trinajstić information content (AvgIpc) is 2.83. The van der Waals surface area contributed by atoms with Gasteiger partial charge in [0.1, 0.15) is 5.75 Å². The summed E-state index contributed by atoms with van der Waals surface area (Å²) >= 11 is 0. The highest BCUT2D eigenvalue weighted by molar-refractivity contribution is 6.04. The van der Waals surface area contributed by atoms with E-state index in [9.17, 15) is 14.4 Å². The maximum atomic E-state index is 12.4. The Labute approximate surface area is 194 Å². The molecule has 0 aliphatic carbocycles. The van der Waals surface area contributed by atoms with Crippen molar-refractivity contribution in [1.82, 2.24) is 5.32 Å². The van der Waals surface area contributed by atoms with Crippen molar-refractivity contribution in [3.8, 4) is 5.75 Å². The molecule has 0 fully saturated rings. The lowest BCUT2D eigenvalue weighted by Crippen LogP contribution is -2.26. The molecule has 3 aromatic carbocycles. The number of anilines is 1. The van der Waals surface area contributed by atoms with Gasteiger partial charge in [0.2, 0.25) is 5.91 Å². The van der Waals surface area contributed by atoms with E-state index in [1.165, 1.54) is 6.92 Å². The minimum Gasteiger partial charge on any atom is -0.494 e. The van der Waals surface area contributed by atoms with Crippen LogP contribution in [-0.2, 0) is 4.79 Å². The summed E-state index contributed by atoms with van der Waals surface area (Å²) in [6, 6.07) is 23.2. The molecule has 0 aromatic heterocycles. The molecule has 1 unspecified atom stereocenters. The summed E-state index contributed by atoms with van der Waals surface area (Å²) in [7, 11) is 0. The van der Waals surface area contributed by atoms with Crippen molar-refractivity contribution in [2.45, 2.75) is 32.7 Å². The summed E-state index contributed by atoms with van der Waals surface area (Å²) in [5.74, 6) is 0.428. The van der Waals surface area contributed by atoms with Crippen LogP contribution < -0.4 is 15.4 Å². The molecule has 2 amide bonds. The highest BCUT2D eigenvalue weighted by atomic mass is 16.5. The van der Waals surface area contributed by atoms with Crippen LogP contribution in [0.4, 0.5) is 5.69 Å². The quantitative estimate of drug-likeness (QED) is 0.333. The Morgan fingerprint density at radius 2 is 1.61 bits per heavy atom. The summed E-state index contributed by atoms with van der Waals surface area (Å²) in [4.78, 5) is 36.0. The third kappa shape index (κ3) is 7.31. The predicted octanol–water partition coefficient (Wildman–Crippen LogP) is 5.18. The molecule has 3 rings (SSSR count). The SMILES string of the molecule is CC(=O)c1ccc(OCCCC(=O)NC(C)c2cccc(NC(=O)c3ccccc3)c2)cc1. The number of nitrogens with one attached hydrogen (secondary N) is 2. The molecule has 6 nitrogen and oxygen atoms in total. The molecule has 0 heterocycles. The van der Waals surface area contributed by atoms with Crippen LogP contribution >= 0.6 is 0 Å². The van der Waals surface area contributed by atoms with Crippen LogP contribution in [0.2, 0.25) is 0 Å². The van der Waals surface area contributed by atoms with E-state index in [1.807, 2.05) is 49.4 Å². The summed E-state index contributed by atoms with van der Waals surface area (Å²) in [5, 5.41) is 5.87. The smallest absolute Gasteiger partial charge is 0.255 e. The topological polar surface area (TPSA) is 84.5 Å². The van der Waals surface area contributed by atoms with E-state index in [0.717, 1.165) is 5.56 Å². The first kappa shape index (κ1) is 23.7. The lowest BCUT2D eigenvalue weighted by atomic mass is 10.1. The van der Waals surface area contributed by atoms with Gasteiger partial charge in [-0.15, -0.1) is 0 Å². The van der Waals surface area contributed by atoms with E-state index in [4.69, 9.17) is 4.74 Å². The molecule has 33 heavy (non-hydrogen) atoms. The van der Waals surface area contributed by atoms with E-state index in [1.54, 1.807) is 36.4 Å². The molecule has 3 aromatic rings. The molecule has 0 bridgehead atoms. The van der Waals surface area contributed by atoms with Gasteiger partial charge in [0.15, 0.2) is 5.78 Å². The summed E-state index contributed by atoms with van der Waals surface area (Å²) in [6.45, 7) is 3.83. The first-order valence-electron chi connectivity index (χ1n) is 10.9.